The van der Waals surface area contributed by atoms with E-state index in [4.69, 9.17) is 127 Å². The largest absolute Gasteiger partial charge is 0.505 e. The van der Waals surface area contributed by atoms with Crippen LogP contribution in [0.15, 0.2) is 0 Å². The van der Waals surface area contributed by atoms with Crippen LogP contribution in [-0.4, -0.2) is 279 Å². The van der Waals surface area contributed by atoms with Crippen molar-refractivity contribution in [2.45, 2.75) is 270 Å². The molecule has 7 N–H and O–H groups in total. The molecule has 0 saturated carbocycles. The van der Waals surface area contributed by atoms with Crippen LogP contribution in [0.5, 0.6) is 11.5 Å². The number of phenols is 1. The maximum atomic E-state index is 13.5. The average molecular weight is 1320 g/mol. The number of phenolic OH excluding ortho intramolecular Hbond substituents is 1. The van der Waals surface area contributed by atoms with Gasteiger partial charge in [-0.2, -0.15) is 0 Å². The van der Waals surface area contributed by atoms with Crippen molar-refractivity contribution in [3.05, 3.63) is 21.2 Å². The molecule has 0 radical (unpaired) electrons. The molecule has 10 heterocycles. The predicted octanol–water partition coefficient (Wildman–Crippen LogP) is 0.666. The molecule has 0 aliphatic carbocycles. The molecule has 32 heteroatoms. The zero-order valence-corrected chi connectivity index (χ0v) is 52.8. The van der Waals surface area contributed by atoms with E-state index in [1.165, 1.54) is 35.4 Å². The Balaban J connectivity index is 0.701. The van der Waals surface area contributed by atoms with E-state index < -0.39 is 201 Å². The van der Waals surface area contributed by atoms with Gasteiger partial charge < -0.3 is 140 Å². The Labute approximate surface area is 523 Å². The van der Waals surface area contributed by atoms with Crippen molar-refractivity contribution in [2.24, 2.45) is 0 Å². The van der Waals surface area contributed by atoms with Gasteiger partial charge in [-0.1, -0.05) is 30.1 Å². The van der Waals surface area contributed by atoms with Gasteiger partial charge in [0.2, 0.25) is 0 Å². The highest BCUT2D eigenvalue weighted by Gasteiger charge is 2.71. The van der Waals surface area contributed by atoms with Crippen molar-refractivity contribution in [3.63, 3.8) is 0 Å². The summed E-state index contributed by atoms with van der Waals surface area (Å²) in [5, 5.41) is 80.4. The van der Waals surface area contributed by atoms with Crippen LogP contribution in [0, 0.1) is 6.92 Å². The summed E-state index contributed by atoms with van der Waals surface area (Å²) >= 11 is 12.5. The summed E-state index contributed by atoms with van der Waals surface area (Å²) in [5.41, 5.74) is -2.58. The zero-order valence-electron chi connectivity index (χ0n) is 51.3. The number of esters is 1. The fraction of sp³-hybridized carbons (Fsp3) is 0.877. The van der Waals surface area contributed by atoms with Crippen molar-refractivity contribution in [2.75, 3.05) is 48.4 Å². The molecule has 0 bridgehead atoms. The number of hydrogen-bond donors (Lipinski definition) is 7. The Morgan fingerprint density at radius 1 is 0.652 bits per heavy atom. The highest BCUT2D eigenvalue weighted by Crippen LogP contribution is 2.53. The molecule has 506 valence electrons. The lowest BCUT2D eigenvalue weighted by atomic mass is 9.82. The van der Waals surface area contributed by atoms with E-state index in [0.717, 1.165) is 0 Å². The maximum absolute atomic E-state index is 13.5. The first-order valence-corrected chi connectivity index (χ1v) is 30.7. The normalized spacial score (nSPS) is 49.8. The Hall–Kier alpha value is -2.17. The number of carbonyl (C=O) groups excluding carboxylic acids is 1. The number of rotatable bonds is 16. The van der Waals surface area contributed by atoms with Crippen LogP contribution in [0.3, 0.4) is 0 Å². The summed E-state index contributed by atoms with van der Waals surface area (Å²) in [7, 11) is 5.42. The minimum absolute atomic E-state index is 0.0258. The van der Waals surface area contributed by atoms with E-state index in [9.17, 15) is 40.5 Å². The van der Waals surface area contributed by atoms with Crippen LogP contribution in [0.2, 0.25) is 10.0 Å². The van der Waals surface area contributed by atoms with Crippen LogP contribution >= 0.6 is 23.2 Å². The molecule has 10 saturated heterocycles. The van der Waals surface area contributed by atoms with Gasteiger partial charge in [-0.3, -0.25) is 0 Å². The molecular formula is C57H84Cl2O30. The number of hydrogen-bond acceptors (Lipinski definition) is 30. The number of ether oxygens (including phenoxy) is 22. The Kier molecular flexibility index (Phi) is 20.3. The van der Waals surface area contributed by atoms with E-state index in [-0.39, 0.29) is 66.2 Å². The molecule has 31 atom stereocenters. The van der Waals surface area contributed by atoms with Crippen LogP contribution in [0.4, 0.5) is 0 Å². The monoisotopic (exact) mass is 1320 g/mol. The van der Waals surface area contributed by atoms with Gasteiger partial charge in [-0.15, -0.1) is 0 Å². The second kappa shape index (κ2) is 26.4. The SMILES string of the molecule is CC[C@@]1(O)[C@@H]2OCO[C@H]2[C@@]2(O[C@H]3[C@@H](O)[C@H](O[C@@H]4O[C@H](COC)[C@@H](O[C@@H]5O[C@H](C)[C@H](OC)[C@H](OC6C[C@@]7(C)OC8(C[C@@H](O)[C@H](O[C@H]9C[C@@H](O)[C@H](OC(=O)c%10c(C)c(Cl)c(O)c(Cl)c%10OC)[C@@H](C)O9)[C@@H](C)O8)O[C@@H]7[C@@H](C)O6)[C@H]5O)[C@H](O)[C@@H]4OC)OC[C@@H]3O2)O[C@@H]1C. The van der Waals surface area contributed by atoms with Gasteiger partial charge in [-0.05, 0) is 60.5 Å². The van der Waals surface area contributed by atoms with Gasteiger partial charge in [0.1, 0.15) is 108 Å². The lowest BCUT2D eigenvalue weighted by Gasteiger charge is -2.50. The summed E-state index contributed by atoms with van der Waals surface area (Å²) in [5.74, 6) is -5.20. The minimum atomic E-state index is -1.85. The van der Waals surface area contributed by atoms with Gasteiger partial charge in [-0.25, -0.2) is 4.79 Å². The van der Waals surface area contributed by atoms with Crippen molar-refractivity contribution in [1.82, 2.24) is 0 Å². The Bertz CT molecular complexity index is 2630. The first kappa shape index (κ1) is 68.2. The van der Waals surface area contributed by atoms with Gasteiger partial charge in [0.25, 0.3) is 5.97 Å². The van der Waals surface area contributed by atoms with Gasteiger partial charge in [0.15, 0.2) is 55.2 Å². The van der Waals surface area contributed by atoms with Crippen LogP contribution < -0.4 is 4.74 Å². The standard InChI is InChI=1S/C57H84Cl2O30/c1-13-55(67)25(7)85-57(49-48(55)73-19-74-49)86-29-18-72-51(37(64)43(29)87-57)83-53-46(71-12)36(63)42(28(78-53)17-68-9)82-52-38(65)45(41(69-10)22(4)77-52)80-31-16-54(8)47(24(6)76-31)88-56(89-54)15-27(61)40(23(5)84-56)79-30-14-26(60)39(21(3)75-30)81-50(66)32-20(2)33(58)35(62)34(59)44(32)70-11/h21-31,36-43,45-49,51-53,60-65,67H,13-19H2,1-12H3/t21-,22-,23-,24-,25-,26-,27-,28-,29+,30+,31?,36+,37-,38-,39-,40-,41+,42-,43-,45-,46+,47-,48-,49-,51+,52+,53+,54-,55+,56?,57-/m1/s1. The Morgan fingerprint density at radius 3 is 2.02 bits per heavy atom. The topological polar surface area (TPSA) is 362 Å². The summed E-state index contributed by atoms with van der Waals surface area (Å²) in [6.45, 7) is 13.0. The number of carbonyl (C=O) groups is 1. The second-order valence-electron chi connectivity index (χ2n) is 24.6. The number of aliphatic hydroxyl groups excluding tert-OH is 5. The second-order valence-corrected chi connectivity index (χ2v) is 25.4. The third-order valence-electron chi connectivity index (χ3n) is 18.8. The van der Waals surface area contributed by atoms with Gasteiger partial charge in [0, 0.05) is 34.2 Å². The summed E-state index contributed by atoms with van der Waals surface area (Å²) in [6, 6.07) is 0. The first-order valence-electron chi connectivity index (χ1n) is 30.0. The molecule has 2 unspecified atom stereocenters. The van der Waals surface area contributed by atoms with E-state index in [0.29, 0.717) is 6.42 Å². The summed E-state index contributed by atoms with van der Waals surface area (Å²) in [4.78, 5) is 13.5. The molecule has 1 aromatic rings. The molecule has 10 fully saturated rings. The highest BCUT2D eigenvalue weighted by molar-refractivity contribution is 6.39. The number of benzene rings is 1. The fourth-order valence-corrected chi connectivity index (χ4v) is 14.7. The molecular weight excluding hydrogens is 1240 g/mol. The third kappa shape index (κ3) is 12.3. The van der Waals surface area contributed by atoms with Crippen molar-refractivity contribution < 1.29 is 145 Å². The summed E-state index contributed by atoms with van der Waals surface area (Å²) in [6.07, 6.45) is -30.5. The van der Waals surface area contributed by atoms with E-state index in [1.54, 1.807) is 48.5 Å². The number of aromatic hydroxyl groups is 1. The maximum Gasteiger partial charge on any atom is 0.342 e. The zero-order chi connectivity index (χ0) is 64.1. The summed E-state index contributed by atoms with van der Waals surface area (Å²) < 4.78 is 135. The van der Waals surface area contributed by atoms with Crippen molar-refractivity contribution >= 4 is 29.2 Å². The molecule has 0 aromatic heterocycles. The van der Waals surface area contributed by atoms with Crippen molar-refractivity contribution in [3.8, 4) is 11.5 Å². The number of methoxy groups -OCH3 is 4. The Morgan fingerprint density at radius 2 is 1.35 bits per heavy atom. The first-order chi connectivity index (χ1) is 42.2. The van der Waals surface area contributed by atoms with E-state index in [2.05, 4.69) is 0 Å². The number of fused-ring (bicyclic) bond motifs is 4. The fourth-order valence-electron chi connectivity index (χ4n) is 14.2. The molecule has 10 aliphatic rings. The average Bonchev–Trinajstić information content (AvgIpc) is 1.59. The van der Waals surface area contributed by atoms with Crippen molar-refractivity contribution in [1.29, 1.82) is 0 Å². The molecule has 0 amide bonds. The molecule has 11 rings (SSSR count). The highest BCUT2D eigenvalue weighted by atomic mass is 35.5. The quantitative estimate of drug-likeness (QED) is 0.112. The van der Waals surface area contributed by atoms with E-state index in [1.807, 2.05) is 0 Å². The molecule has 30 nitrogen and oxygen atoms in total. The molecule has 2 spiro atoms. The predicted molar refractivity (Wildman–Crippen MR) is 294 cm³/mol. The van der Waals surface area contributed by atoms with Crippen LogP contribution in [-0.2, 0) is 99.5 Å². The number of aliphatic hydroxyl groups is 6. The lowest BCUT2D eigenvalue weighted by molar-refractivity contribution is -0.434. The van der Waals surface area contributed by atoms with E-state index >= 15 is 0 Å². The molecule has 10 aliphatic heterocycles. The third-order valence-corrected chi connectivity index (χ3v) is 19.6. The molecule has 89 heavy (non-hydrogen) atoms. The minimum Gasteiger partial charge on any atom is -0.505 e. The van der Waals surface area contributed by atoms with Crippen LogP contribution in [0.25, 0.3) is 0 Å². The smallest absolute Gasteiger partial charge is 0.342 e. The van der Waals surface area contributed by atoms with Crippen LogP contribution in [0.1, 0.15) is 90.1 Å². The molecule has 1 aromatic carbocycles. The number of halogens is 2. The lowest BCUT2D eigenvalue weighted by Crippen LogP contribution is -2.69. The van der Waals surface area contributed by atoms with Gasteiger partial charge in [0.05, 0.1) is 74.5 Å². The van der Waals surface area contributed by atoms with Gasteiger partial charge >= 0.3 is 11.9 Å².